The van der Waals surface area contributed by atoms with Crippen molar-refractivity contribution in [1.29, 1.82) is 0 Å². The van der Waals surface area contributed by atoms with Crippen molar-refractivity contribution in [3.8, 4) is 43.4 Å². The molecule has 3 aromatic carbocycles. The maximum atomic E-state index is 4.58. The van der Waals surface area contributed by atoms with E-state index in [4.69, 9.17) is 0 Å². The SMILES string of the molecule is Cc1cc(-c2nccs2)cc2c1-c1cc3c(cc1C2(C)C)-c1ccc(-c2nccs2)cc1C3(C)C. The van der Waals surface area contributed by atoms with Gasteiger partial charge in [0.25, 0.3) is 0 Å². The van der Waals surface area contributed by atoms with E-state index in [1.54, 1.807) is 22.7 Å². The highest BCUT2D eigenvalue weighted by Gasteiger charge is 2.42. The number of benzene rings is 3. The first-order chi connectivity index (χ1) is 16.8. The predicted molar refractivity (Wildman–Crippen MR) is 149 cm³/mol. The molecule has 172 valence electrons. The van der Waals surface area contributed by atoms with E-state index in [0.29, 0.717) is 0 Å². The molecule has 5 aromatic rings. The number of nitrogens with zero attached hydrogens (tertiary/aromatic N) is 2. The van der Waals surface area contributed by atoms with Gasteiger partial charge in [-0.1, -0.05) is 39.8 Å². The molecular weight excluding hydrogens is 464 g/mol. The molecule has 2 aliphatic carbocycles. The normalized spacial score (nSPS) is 16.0. The van der Waals surface area contributed by atoms with E-state index in [2.05, 4.69) is 97.8 Å². The molecule has 0 fully saturated rings. The molecule has 0 bridgehead atoms. The van der Waals surface area contributed by atoms with Crippen molar-refractivity contribution in [2.75, 3.05) is 0 Å². The molecule has 0 saturated carbocycles. The highest BCUT2D eigenvalue weighted by molar-refractivity contribution is 7.13. The average molecular weight is 491 g/mol. The molecule has 4 heteroatoms. The van der Waals surface area contributed by atoms with Crippen LogP contribution in [0.25, 0.3) is 43.4 Å². The molecule has 0 amide bonds. The lowest BCUT2D eigenvalue weighted by molar-refractivity contribution is 0.652. The van der Waals surface area contributed by atoms with Crippen molar-refractivity contribution in [2.24, 2.45) is 0 Å². The Morgan fingerprint density at radius 1 is 0.600 bits per heavy atom. The predicted octanol–water partition coefficient (Wildman–Crippen LogP) is 8.85. The van der Waals surface area contributed by atoms with Crippen molar-refractivity contribution in [3.63, 3.8) is 0 Å². The lowest BCUT2D eigenvalue weighted by Gasteiger charge is -2.24. The Hall–Kier alpha value is -3.08. The van der Waals surface area contributed by atoms with Crippen LogP contribution in [0.15, 0.2) is 65.6 Å². The number of aryl methyl sites for hydroxylation is 1. The molecule has 2 heterocycles. The molecule has 2 aromatic heterocycles. The first-order valence-corrected chi connectivity index (χ1v) is 13.8. The smallest absolute Gasteiger partial charge is 0.123 e. The van der Waals surface area contributed by atoms with Crippen molar-refractivity contribution in [3.05, 3.63) is 93.4 Å². The van der Waals surface area contributed by atoms with Gasteiger partial charge in [0, 0.05) is 45.1 Å². The van der Waals surface area contributed by atoms with Crippen LogP contribution in [-0.2, 0) is 10.8 Å². The molecule has 0 saturated heterocycles. The minimum atomic E-state index is -0.0640. The number of aromatic nitrogens is 2. The summed E-state index contributed by atoms with van der Waals surface area (Å²) in [7, 11) is 0. The molecule has 0 atom stereocenters. The van der Waals surface area contributed by atoms with E-state index in [-0.39, 0.29) is 10.8 Å². The summed E-state index contributed by atoms with van der Waals surface area (Å²) in [5.41, 5.74) is 14.9. The van der Waals surface area contributed by atoms with Gasteiger partial charge in [-0.05, 0) is 87.3 Å². The van der Waals surface area contributed by atoms with Gasteiger partial charge in [0.2, 0.25) is 0 Å². The van der Waals surface area contributed by atoms with E-state index in [1.165, 1.54) is 61.2 Å². The molecule has 35 heavy (non-hydrogen) atoms. The minimum Gasteiger partial charge on any atom is -0.245 e. The Labute approximate surface area is 214 Å². The van der Waals surface area contributed by atoms with Crippen LogP contribution >= 0.6 is 22.7 Å². The third kappa shape index (κ3) is 2.81. The fourth-order valence-corrected chi connectivity index (χ4v) is 7.54. The van der Waals surface area contributed by atoms with Gasteiger partial charge >= 0.3 is 0 Å². The fourth-order valence-electron chi connectivity index (χ4n) is 6.28. The standard InChI is InChI=1S/C31H26N2S2/c1-17-12-19(29-33-9-11-35-29)14-26-27(17)22-16-24-21(15-25(22)31(26,4)5)20-7-6-18(28-32-8-10-34-28)13-23(20)30(24,2)3/h6-16H,1-5H3. The topological polar surface area (TPSA) is 25.8 Å². The molecule has 2 nitrogen and oxygen atoms in total. The molecule has 7 rings (SSSR count). The zero-order valence-electron chi connectivity index (χ0n) is 20.6. The summed E-state index contributed by atoms with van der Waals surface area (Å²) in [6, 6.07) is 16.6. The second-order valence-corrected chi connectivity index (χ2v) is 12.6. The molecular formula is C31H26N2S2. The average Bonchev–Trinajstić information content (AvgIpc) is 3.62. The van der Waals surface area contributed by atoms with E-state index < -0.39 is 0 Å². The lowest BCUT2D eigenvalue weighted by Crippen LogP contribution is -2.17. The largest absolute Gasteiger partial charge is 0.245 e. The molecule has 0 aliphatic heterocycles. The van der Waals surface area contributed by atoms with Crippen LogP contribution in [0, 0.1) is 6.92 Å². The monoisotopic (exact) mass is 490 g/mol. The Kier molecular flexibility index (Phi) is 4.24. The van der Waals surface area contributed by atoms with E-state index in [0.717, 1.165) is 10.0 Å². The molecule has 0 N–H and O–H groups in total. The van der Waals surface area contributed by atoms with Crippen LogP contribution < -0.4 is 0 Å². The van der Waals surface area contributed by atoms with Gasteiger partial charge in [-0.3, -0.25) is 0 Å². The summed E-state index contributed by atoms with van der Waals surface area (Å²) >= 11 is 3.41. The third-order valence-electron chi connectivity index (χ3n) is 8.12. The first-order valence-electron chi connectivity index (χ1n) is 12.1. The van der Waals surface area contributed by atoms with Gasteiger partial charge in [-0.25, -0.2) is 9.97 Å². The van der Waals surface area contributed by atoms with E-state index in [9.17, 15) is 0 Å². The summed E-state index contributed by atoms with van der Waals surface area (Å²) in [6.07, 6.45) is 3.78. The number of hydrogen-bond donors (Lipinski definition) is 0. The molecule has 2 aliphatic rings. The van der Waals surface area contributed by atoms with Gasteiger partial charge in [0.15, 0.2) is 0 Å². The summed E-state index contributed by atoms with van der Waals surface area (Å²) in [5.74, 6) is 0. The summed E-state index contributed by atoms with van der Waals surface area (Å²) in [5, 5.41) is 6.29. The zero-order valence-corrected chi connectivity index (χ0v) is 22.2. The van der Waals surface area contributed by atoms with Crippen LogP contribution in [0.2, 0.25) is 0 Å². The van der Waals surface area contributed by atoms with Crippen LogP contribution in [0.3, 0.4) is 0 Å². The van der Waals surface area contributed by atoms with Gasteiger partial charge in [0.05, 0.1) is 0 Å². The maximum absolute atomic E-state index is 4.58. The highest BCUT2D eigenvalue weighted by Crippen LogP contribution is 2.57. The Bertz CT molecular complexity index is 1640. The molecule has 0 unspecified atom stereocenters. The van der Waals surface area contributed by atoms with Gasteiger partial charge in [-0.2, -0.15) is 0 Å². The van der Waals surface area contributed by atoms with Crippen molar-refractivity contribution >= 4 is 22.7 Å². The Morgan fingerprint density at radius 2 is 1.17 bits per heavy atom. The highest BCUT2D eigenvalue weighted by atomic mass is 32.1. The number of thiazole rings is 2. The second kappa shape index (κ2) is 6.99. The Balaban J connectivity index is 1.44. The van der Waals surface area contributed by atoms with Gasteiger partial charge in [-0.15, -0.1) is 22.7 Å². The van der Waals surface area contributed by atoms with Gasteiger partial charge < -0.3 is 0 Å². The van der Waals surface area contributed by atoms with Crippen LogP contribution in [0.5, 0.6) is 0 Å². The van der Waals surface area contributed by atoms with E-state index >= 15 is 0 Å². The van der Waals surface area contributed by atoms with Gasteiger partial charge in [0.1, 0.15) is 10.0 Å². The van der Waals surface area contributed by atoms with Crippen molar-refractivity contribution < 1.29 is 0 Å². The number of fused-ring (bicyclic) bond motifs is 6. The summed E-state index contributed by atoms with van der Waals surface area (Å²) in [4.78, 5) is 9.14. The van der Waals surface area contributed by atoms with E-state index in [1.807, 2.05) is 12.4 Å². The van der Waals surface area contributed by atoms with Crippen molar-refractivity contribution in [2.45, 2.75) is 45.4 Å². The minimum absolute atomic E-state index is 0.0609. The number of rotatable bonds is 2. The number of hydrogen-bond acceptors (Lipinski definition) is 4. The summed E-state index contributed by atoms with van der Waals surface area (Å²) < 4.78 is 0. The second-order valence-electron chi connectivity index (χ2n) is 10.8. The maximum Gasteiger partial charge on any atom is 0.123 e. The zero-order chi connectivity index (χ0) is 24.1. The van der Waals surface area contributed by atoms with Crippen LogP contribution in [0.4, 0.5) is 0 Å². The Morgan fingerprint density at radius 3 is 1.86 bits per heavy atom. The third-order valence-corrected chi connectivity index (χ3v) is 9.77. The van der Waals surface area contributed by atoms with Crippen LogP contribution in [-0.4, -0.2) is 9.97 Å². The fraction of sp³-hybridized carbons (Fsp3) is 0.226. The summed E-state index contributed by atoms with van der Waals surface area (Å²) in [6.45, 7) is 11.8. The lowest BCUT2D eigenvalue weighted by atomic mass is 9.79. The quantitative estimate of drug-likeness (QED) is 0.247. The molecule has 0 spiro atoms. The molecule has 0 radical (unpaired) electrons. The van der Waals surface area contributed by atoms with Crippen LogP contribution in [0.1, 0.15) is 55.5 Å². The van der Waals surface area contributed by atoms with Crippen molar-refractivity contribution in [1.82, 2.24) is 9.97 Å². The first kappa shape index (κ1) is 21.2.